The van der Waals surface area contributed by atoms with Crippen LogP contribution in [0.15, 0.2) is 30.5 Å². The van der Waals surface area contributed by atoms with Crippen molar-refractivity contribution in [3.8, 4) is 0 Å². The normalized spacial score (nSPS) is 15.6. The Bertz CT molecular complexity index is 1060. The molecule has 35 heavy (non-hydrogen) atoms. The van der Waals surface area contributed by atoms with Crippen LogP contribution >= 0.6 is 12.6 Å². The van der Waals surface area contributed by atoms with E-state index >= 15 is 0 Å². The second-order valence-electron chi connectivity index (χ2n) is 8.71. The van der Waals surface area contributed by atoms with E-state index in [1.807, 2.05) is 24.3 Å². The predicted octanol–water partition coefficient (Wildman–Crippen LogP) is -0.457. The summed E-state index contributed by atoms with van der Waals surface area (Å²) in [5.41, 5.74) is 7.24. The van der Waals surface area contributed by atoms with Gasteiger partial charge in [0.05, 0.1) is 12.1 Å². The van der Waals surface area contributed by atoms with E-state index in [0.717, 1.165) is 10.9 Å². The zero-order chi connectivity index (χ0) is 26.3. The maximum atomic E-state index is 13.2. The van der Waals surface area contributed by atoms with Crippen molar-refractivity contribution in [2.24, 2.45) is 11.7 Å². The monoisotopic (exact) mass is 507 g/mol. The van der Waals surface area contributed by atoms with Gasteiger partial charge in [0.2, 0.25) is 17.7 Å². The van der Waals surface area contributed by atoms with Gasteiger partial charge < -0.3 is 36.9 Å². The molecule has 2 rings (SSSR count). The number of aromatic nitrogens is 1. The minimum Gasteiger partial charge on any atom is -0.480 e. The lowest BCUT2D eigenvalue weighted by Crippen LogP contribution is -2.59. The van der Waals surface area contributed by atoms with E-state index in [2.05, 4.69) is 33.6 Å². The molecule has 1 aromatic heterocycles. The first-order chi connectivity index (χ1) is 16.5. The molecule has 5 atom stereocenters. The van der Waals surface area contributed by atoms with Gasteiger partial charge >= 0.3 is 5.97 Å². The number of fused-ring (bicyclic) bond motifs is 1. The Kier molecular flexibility index (Phi) is 10.1. The molecule has 3 amide bonds. The molecule has 1 aromatic carbocycles. The first-order valence-corrected chi connectivity index (χ1v) is 11.8. The quantitative estimate of drug-likeness (QED) is 0.179. The van der Waals surface area contributed by atoms with Crippen molar-refractivity contribution in [3.63, 3.8) is 0 Å². The number of para-hydroxylation sites is 1. The first-order valence-electron chi connectivity index (χ1n) is 11.2. The van der Waals surface area contributed by atoms with Crippen molar-refractivity contribution in [1.29, 1.82) is 0 Å². The van der Waals surface area contributed by atoms with E-state index in [1.54, 1.807) is 20.0 Å². The van der Waals surface area contributed by atoms with E-state index < -0.39 is 54.0 Å². The number of aliphatic hydroxyl groups is 1. The van der Waals surface area contributed by atoms with E-state index in [1.165, 1.54) is 6.92 Å². The Morgan fingerprint density at radius 2 is 1.63 bits per heavy atom. The van der Waals surface area contributed by atoms with E-state index in [-0.39, 0.29) is 18.1 Å². The molecule has 0 aliphatic heterocycles. The fourth-order valence-corrected chi connectivity index (χ4v) is 3.68. The maximum Gasteiger partial charge on any atom is 0.328 e. The molecule has 0 aliphatic carbocycles. The van der Waals surface area contributed by atoms with Crippen LogP contribution < -0.4 is 21.7 Å². The highest BCUT2D eigenvalue weighted by molar-refractivity contribution is 7.80. The number of carboxylic acids is 1. The molecule has 0 aliphatic rings. The number of aliphatic hydroxyl groups excluding tert-OH is 1. The Labute approximate surface area is 208 Å². The van der Waals surface area contributed by atoms with Crippen molar-refractivity contribution in [3.05, 3.63) is 36.0 Å². The molecule has 0 saturated heterocycles. The summed E-state index contributed by atoms with van der Waals surface area (Å²) in [5.74, 6) is -3.67. The molecule has 11 nitrogen and oxygen atoms in total. The number of hydrogen-bond acceptors (Lipinski definition) is 7. The zero-order valence-electron chi connectivity index (χ0n) is 19.8. The number of thiol groups is 1. The highest BCUT2D eigenvalue weighted by Gasteiger charge is 2.33. The Hall–Kier alpha value is -3.09. The largest absolute Gasteiger partial charge is 0.480 e. The number of aliphatic carboxylic acids is 1. The highest BCUT2D eigenvalue weighted by Crippen LogP contribution is 2.19. The van der Waals surface area contributed by atoms with Gasteiger partial charge in [0, 0.05) is 29.3 Å². The van der Waals surface area contributed by atoms with E-state index in [9.17, 15) is 29.4 Å². The summed E-state index contributed by atoms with van der Waals surface area (Å²) in [4.78, 5) is 53.1. The van der Waals surface area contributed by atoms with Crippen molar-refractivity contribution in [2.75, 3.05) is 5.75 Å². The number of nitrogens with one attached hydrogen (secondary N) is 4. The molecule has 0 fully saturated rings. The molecule has 12 heteroatoms. The van der Waals surface area contributed by atoms with Gasteiger partial charge in [-0.2, -0.15) is 12.6 Å². The molecule has 0 bridgehead atoms. The summed E-state index contributed by atoms with van der Waals surface area (Å²) < 4.78 is 0. The third-order valence-corrected chi connectivity index (χ3v) is 5.95. The summed E-state index contributed by atoms with van der Waals surface area (Å²) >= 11 is 4.00. The molecule has 8 N–H and O–H groups in total. The van der Waals surface area contributed by atoms with Crippen LogP contribution in [0.25, 0.3) is 10.9 Å². The number of hydrogen-bond donors (Lipinski definition) is 8. The summed E-state index contributed by atoms with van der Waals surface area (Å²) in [5, 5.41) is 27.5. The van der Waals surface area contributed by atoms with Crippen LogP contribution in [0, 0.1) is 5.92 Å². The molecule has 0 saturated carbocycles. The summed E-state index contributed by atoms with van der Waals surface area (Å²) in [6.07, 6.45) is 0.363. The minimum absolute atomic E-state index is 0.0304. The predicted molar refractivity (Wildman–Crippen MR) is 134 cm³/mol. The van der Waals surface area contributed by atoms with Gasteiger partial charge in [-0.15, -0.1) is 0 Å². The summed E-state index contributed by atoms with van der Waals surface area (Å²) in [6, 6.07) is 2.70. The van der Waals surface area contributed by atoms with Crippen LogP contribution in [0.1, 0.15) is 26.3 Å². The summed E-state index contributed by atoms with van der Waals surface area (Å²) in [6.45, 7) is 4.68. The van der Waals surface area contributed by atoms with Crippen LogP contribution in [0.3, 0.4) is 0 Å². The van der Waals surface area contributed by atoms with Gasteiger partial charge in [-0.05, 0) is 24.5 Å². The Balaban J connectivity index is 2.32. The number of aromatic amines is 1. The van der Waals surface area contributed by atoms with Crippen LogP contribution in [0.2, 0.25) is 0 Å². The number of carbonyl (C=O) groups excluding carboxylic acids is 3. The SMILES string of the molecule is CC(C)C(NC(=O)C(N)CS)C(=O)NC(Cc1c[nH]c2ccccc12)C(=O)NC(C(=O)O)C(C)O. The molecule has 0 radical (unpaired) electrons. The Morgan fingerprint density at radius 3 is 2.20 bits per heavy atom. The smallest absolute Gasteiger partial charge is 0.328 e. The fraction of sp³-hybridized carbons (Fsp3) is 0.478. The van der Waals surface area contributed by atoms with Gasteiger partial charge in [0.1, 0.15) is 12.1 Å². The van der Waals surface area contributed by atoms with Crippen LogP contribution in [-0.4, -0.2) is 74.9 Å². The fourth-order valence-electron chi connectivity index (χ4n) is 3.51. The third kappa shape index (κ3) is 7.44. The van der Waals surface area contributed by atoms with Crippen LogP contribution in [-0.2, 0) is 25.6 Å². The van der Waals surface area contributed by atoms with Gasteiger partial charge in [-0.25, -0.2) is 4.79 Å². The number of benzene rings is 1. The zero-order valence-corrected chi connectivity index (χ0v) is 20.7. The first kappa shape index (κ1) is 28.1. The highest BCUT2D eigenvalue weighted by atomic mass is 32.1. The number of nitrogens with two attached hydrogens (primary N) is 1. The average Bonchev–Trinajstić information content (AvgIpc) is 3.21. The molecule has 192 valence electrons. The van der Waals surface area contributed by atoms with E-state index in [0.29, 0.717) is 5.56 Å². The average molecular weight is 508 g/mol. The molecular formula is C23H33N5O6S. The number of carboxylic acid groups (broad SMARTS) is 1. The maximum absolute atomic E-state index is 13.2. The molecular weight excluding hydrogens is 474 g/mol. The number of H-pyrrole nitrogens is 1. The van der Waals surface area contributed by atoms with Crippen LogP contribution in [0.5, 0.6) is 0 Å². The Morgan fingerprint density at radius 1 is 1.00 bits per heavy atom. The number of rotatable bonds is 12. The third-order valence-electron chi connectivity index (χ3n) is 5.56. The molecule has 2 aromatic rings. The second kappa shape index (κ2) is 12.6. The number of carbonyl (C=O) groups is 4. The molecule has 0 spiro atoms. The van der Waals surface area contributed by atoms with Crippen molar-refractivity contribution < 1.29 is 29.4 Å². The van der Waals surface area contributed by atoms with Crippen molar-refractivity contribution in [2.45, 2.75) is 57.5 Å². The van der Waals surface area contributed by atoms with Gasteiger partial charge in [-0.1, -0.05) is 32.0 Å². The lowest BCUT2D eigenvalue weighted by atomic mass is 10.00. The summed E-state index contributed by atoms with van der Waals surface area (Å²) in [7, 11) is 0. The van der Waals surface area contributed by atoms with Gasteiger partial charge in [0.25, 0.3) is 0 Å². The molecule has 1 heterocycles. The number of amides is 3. The van der Waals surface area contributed by atoms with Crippen LogP contribution in [0.4, 0.5) is 0 Å². The topological polar surface area (TPSA) is 187 Å². The van der Waals surface area contributed by atoms with Gasteiger partial charge in [0.15, 0.2) is 6.04 Å². The van der Waals surface area contributed by atoms with E-state index in [4.69, 9.17) is 5.73 Å². The van der Waals surface area contributed by atoms with Crippen molar-refractivity contribution >= 4 is 47.2 Å². The molecule has 5 unspecified atom stereocenters. The standard InChI is InChI=1S/C23H33N5O6S/c1-11(2)18(27-20(30)15(24)10-35)22(32)26-17(21(31)28-19(12(3)29)23(33)34)8-13-9-25-16-7-5-4-6-14(13)16/h4-7,9,11-12,15,17-19,25,29,35H,8,10,24H2,1-3H3,(H,26,32)(H,27,30)(H,28,31)(H,33,34). The second-order valence-corrected chi connectivity index (χ2v) is 9.07. The minimum atomic E-state index is -1.57. The lowest BCUT2D eigenvalue weighted by molar-refractivity contribution is -0.145. The van der Waals surface area contributed by atoms with Crippen molar-refractivity contribution in [1.82, 2.24) is 20.9 Å². The lowest BCUT2D eigenvalue weighted by Gasteiger charge is -2.27. The van der Waals surface area contributed by atoms with Gasteiger partial charge in [-0.3, -0.25) is 14.4 Å².